The third-order valence-corrected chi connectivity index (χ3v) is 1.90. The van der Waals surface area contributed by atoms with E-state index in [2.05, 4.69) is 10.1 Å². The topological polar surface area (TPSA) is 55.4 Å². The highest BCUT2D eigenvalue weighted by Gasteiger charge is 2.28. The molecule has 0 rings (SSSR count). The number of esters is 1. The zero-order valence-electron chi connectivity index (χ0n) is 8.44. The molecule has 0 aliphatic carbocycles. The average Bonchev–Trinajstić information content (AvgIpc) is 2.20. The molecule has 0 saturated heterocycles. The molecule has 1 N–H and O–H groups in total. The van der Waals surface area contributed by atoms with Crippen molar-refractivity contribution in [2.75, 3.05) is 13.7 Å². The monoisotopic (exact) mass is 261 g/mol. The van der Waals surface area contributed by atoms with E-state index >= 15 is 0 Å². The maximum absolute atomic E-state index is 11.7. The molecule has 0 aromatic heterocycles. The summed E-state index contributed by atoms with van der Waals surface area (Å²) in [5.74, 6) is -1.57. The summed E-state index contributed by atoms with van der Waals surface area (Å²) in [6, 6.07) is 0. The van der Waals surface area contributed by atoms with Gasteiger partial charge >= 0.3 is 12.1 Å². The number of hydrogen-bond donors (Lipinski definition) is 1. The molecule has 1 unspecified atom stereocenters. The van der Waals surface area contributed by atoms with Gasteiger partial charge in [0.1, 0.15) is 5.38 Å². The van der Waals surface area contributed by atoms with Crippen LogP contribution in [0.25, 0.3) is 0 Å². The van der Waals surface area contributed by atoms with E-state index < -0.39 is 36.3 Å². The molecule has 0 bridgehead atoms. The normalized spacial score (nSPS) is 13.1. The molecule has 0 saturated carbocycles. The first-order valence-electron chi connectivity index (χ1n) is 4.31. The summed E-state index contributed by atoms with van der Waals surface area (Å²) in [4.78, 5) is 21.6. The smallest absolute Gasteiger partial charge is 0.389 e. The van der Waals surface area contributed by atoms with E-state index in [1.54, 1.807) is 0 Å². The van der Waals surface area contributed by atoms with Crippen LogP contribution < -0.4 is 5.32 Å². The fraction of sp³-hybridized carbons (Fsp3) is 0.750. The Bertz CT molecular complexity index is 257. The van der Waals surface area contributed by atoms with Crippen molar-refractivity contribution in [3.8, 4) is 0 Å². The second-order valence-corrected chi connectivity index (χ2v) is 3.44. The summed E-state index contributed by atoms with van der Waals surface area (Å²) in [5.41, 5.74) is 0. The summed E-state index contributed by atoms with van der Waals surface area (Å²) >= 11 is 5.45. The maximum Gasteiger partial charge on any atom is 0.389 e. The van der Waals surface area contributed by atoms with Crippen LogP contribution in [0.1, 0.15) is 12.8 Å². The van der Waals surface area contributed by atoms with E-state index in [1.165, 1.54) is 0 Å². The van der Waals surface area contributed by atoms with Crippen molar-refractivity contribution in [1.82, 2.24) is 5.32 Å². The largest absolute Gasteiger partial charge is 0.468 e. The number of rotatable bonds is 5. The molecule has 0 fully saturated rings. The molecule has 16 heavy (non-hydrogen) atoms. The van der Waals surface area contributed by atoms with E-state index in [9.17, 15) is 22.8 Å². The standard InChI is InChI=1S/C8H11ClF3NO3/c1-16-7(15)5(9)4-13-6(14)2-3-8(10,11)12/h5H,2-4H2,1H3,(H,13,14). The van der Waals surface area contributed by atoms with Crippen LogP contribution in [0.3, 0.4) is 0 Å². The lowest BCUT2D eigenvalue weighted by Gasteiger charge is -2.09. The summed E-state index contributed by atoms with van der Waals surface area (Å²) in [6.45, 7) is -0.259. The zero-order chi connectivity index (χ0) is 12.8. The first kappa shape index (κ1) is 15.0. The zero-order valence-corrected chi connectivity index (χ0v) is 9.19. The Morgan fingerprint density at radius 3 is 2.44 bits per heavy atom. The number of carbonyl (C=O) groups is 2. The number of ether oxygens (including phenoxy) is 1. The minimum Gasteiger partial charge on any atom is -0.468 e. The number of alkyl halides is 4. The highest BCUT2D eigenvalue weighted by Crippen LogP contribution is 2.20. The van der Waals surface area contributed by atoms with Gasteiger partial charge < -0.3 is 10.1 Å². The van der Waals surface area contributed by atoms with Crippen molar-refractivity contribution in [2.45, 2.75) is 24.4 Å². The molecule has 0 aliphatic heterocycles. The highest BCUT2D eigenvalue weighted by atomic mass is 35.5. The molecule has 1 amide bonds. The lowest BCUT2D eigenvalue weighted by Crippen LogP contribution is -2.34. The molecule has 0 spiro atoms. The van der Waals surface area contributed by atoms with Crippen molar-refractivity contribution in [3.63, 3.8) is 0 Å². The Morgan fingerprint density at radius 2 is 2.00 bits per heavy atom. The van der Waals surface area contributed by atoms with E-state index in [0.717, 1.165) is 7.11 Å². The van der Waals surface area contributed by atoms with Gasteiger partial charge in [0.2, 0.25) is 5.91 Å². The quantitative estimate of drug-likeness (QED) is 0.598. The van der Waals surface area contributed by atoms with Crippen LogP contribution in [-0.2, 0) is 14.3 Å². The molecule has 1 atom stereocenters. The van der Waals surface area contributed by atoms with Crippen LogP contribution >= 0.6 is 11.6 Å². The fourth-order valence-corrected chi connectivity index (χ4v) is 0.925. The Hall–Kier alpha value is -0.980. The predicted molar refractivity (Wildman–Crippen MR) is 50.0 cm³/mol. The van der Waals surface area contributed by atoms with E-state index in [1.807, 2.05) is 0 Å². The Labute approximate surface area is 95.1 Å². The first-order valence-corrected chi connectivity index (χ1v) is 4.75. The molecule has 0 radical (unpaired) electrons. The SMILES string of the molecule is COC(=O)C(Cl)CNC(=O)CCC(F)(F)F. The summed E-state index contributed by atoms with van der Waals surface area (Å²) in [7, 11) is 1.11. The van der Waals surface area contributed by atoms with Crippen molar-refractivity contribution in [2.24, 2.45) is 0 Å². The third kappa shape index (κ3) is 7.33. The van der Waals surface area contributed by atoms with Gasteiger partial charge in [-0.3, -0.25) is 9.59 Å². The van der Waals surface area contributed by atoms with Crippen molar-refractivity contribution in [3.05, 3.63) is 0 Å². The molecule has 0 aromatic rings. The average molecular weight is 262 g/mol. The number of amides is 1. The number of methoxy groups -OCH3 is 1. The van der Waals surface area contributed by atoms with Gasteiger partial charge in [-0.1, -0.05) is 0 Å². The Morgan fingerprint density at radius 1 is 1.44 bits per heavy atom. The van der Waals surface area contributed by atoms with Crippen LogP contribution in [-0.4, -0.2) is 37.1 Å². The molecule has 8 heteroatoms. The van der Waals surface area contributed by atoms with Gasteiger partial charge in [-0.15, -0.1) is 11.6 Å². The Balaban J connectivity index is 3.78. The van der Waals surface area contributed by atoms with Gasteiger partial charge in [-0.05, 0) is 0 Å². The van der Waals surface area contributed by atoms with E-state index in [4.69, 9.17) is 11.6 Å². The Kier molecular flexibility index (Phi) is 6.17. The van der Waals surface area contributed by atoms with Crippen molar-refractivity contribution in [1.29, 1.82) is 0 Å². The van der Waals surface area contributed by atoms with Gasteiger partial charge in [0.05, 0.1) is 13.5 Å². The summed E-state index contributed by atoms with van der Waals surface area (Å²) < 4.78 is 39.4. The lowest BCUT2D eigenvalue weighted by molar-refractivity contribution is -0.144. The number of carbonyl (C=O) groups excluding carboxylic acids is 2. The second-order valence-electron chi connectivity index (χ2n) is 2.91. The predicted octanol–water partition coefficient (Wildman–Crippen LogP) is 1.23. The van der Waals surface area contributed by atoms with Crippen LogP contribution in [0.15, 0.2) is 0 Å². The molecule has 0 aliphatic rings. The van der Waals surface area contributed by atoms with Gasteiger partial charge in [0.25, 0.3) is 0 Å². The van der Waals surface area contributed by atoms with Crippen LogP contribution in [0.5, 0.6) is 0 Å². The second kappa shape index (κ2) is 6.57. The van der Waals surface area contributed by atoms with Crippen LogP contribution in [0, 0.1) is 0 Å². The molecule has 0 aromatic carbocycles. The molecular formula is C8H11ClF3NO3. The van der Waals surface area contributed by atoms with Gasteiger partial charge in [-0.25, -0.2) is 0 Å². The molecular weight excluding hydrogens is 251 g/mol. The number of hydrogen-bond acceptors (Lipinski definition) is 3. The third-order valence-electron chi connectivity index (χ3n) is 1.57. The molecule has 94 valence electrons. The van der Waals surface area contributed by atoms with E-state index in [-0.39, 0.29) is 6.54 Å². The minimum absolute atomic E-state index is 0.259. The number of halogens is 4. The number of nitrogens with one attached hydrogen (secondary N) is 1. The summed E-state index contributed by atoms with van der Waals surface area (Å²) in [6.07, 6.45) is -6.27. The van der Waals surface area contributed by atoms with Crippen molar-refractivity contribution >= 4 is 23.5 Å². The fourth-order valence-electron chi connectivity index (χ4n) is 0.758. The molecule has 0 heterocycles. The maximum atomic E-state index is 11.7. The summed E-state index contributed by atoms with van der Waals surface area (Å²) in [5, 5.41) is 1.00. The highest BCUT2D eigenvalue weighted by molar-refractivity contribution is 6.30. The van der Waals surface area contributed by atoms with Crippen molar-refractivity contribution < 1.29 is 27.5 Å². The molecule has 4 nitrogen and oxygen atoms in total. The van der Waals surface area contributed by atoms with Gasteiger partial charge in [0, 0.05) is 13.0 Å². The van der Waals surface area contributed by atoms with Gasteiger partial charge in [0.15, 0.2) is 0 Å². The van der Waals surface area contributed by atoms with Gasteiger partial charge in [-0.2, -0.15) is 13.2 Å². The minimum atomic E-state index is -4.37. The van der Waals surface area contributed by atoms with Crippen LogP contribution in [0.2, 0.25) is 0 Å². The van der Waals surface area contributed by atoms with Crippen LogP contribution in [0.4, 0.5) is 13.2 Å². The first-order chi connectivity index (χ1) is 7.26. The lowest BCUT2D eigenvalue weighted by atomic mass is 10.3. The van der Waals surface area contributed by atoms with E-state index in [0.29, 0.717) is 0 Å².